The van der Waals surface area contributed by atoms with E-state index in [2.05, 4.69) is 26.2 Å². The topological polar surface area (TPSA) is 45.1 Å². The third-order valence-corrected chi connectivity index (χ3v) is 2.78. The first-order valence-corrected chi connectivity index (χ1v) is 5.77. The van der Waals surface area contributed by atoms with Gasteiger partial charge in [-0.2, -0.15) is 0 Å². The Morgan fingerprint density at radius 1 is 1.60 bits per heavy atom. The Labute approximate surface area is 103 Å². The quantitative estimate of drug-likeness (QED) is 0.897. The molecule has 84 valence electrons. The number of nitrogens with one attached hydrogen (secondary N) is 1. The molecule has 0 saturated carbocycles. The van der Waals surface area contributed by atoms with E-state index in [0.29, 0.717) is 11.6 Å². The summed E-state index contributed by atoms with van der Waals surface area (Å²) in [5.41, 5.74) is -0.166. The molecular formula is C10H14BrClN2O. The summed E-state index contributed by atoms with van der Waals surface area (Å²) < 4.78 is 0.823. The fourth-order valence-corrected chi connectivity index (χ4v) is 1.70. The molecule has 0 aliphatic rings. The Hall–Kier alpha value is -0.320. The van der Waals surface area contributed by atoms with E-state index in [4.69, 9.17) is 16.7 Å². The minimum atomic E-state index is -0.166. The number of hydrogen-bond donors (Lipinski definition) is 2. The average molecular weight is 294 g/mol. The number of aromatic nitrogens is 1. The zero-order chi connectivity index (χ0) is 11.5. The second-order valence-electron chi connectivity index (χ2n) is 4.16. The van der Waals surface area contributed by atoms with E-state index in [0.717, 1.165) is 10.3 Å². The third kappa shape index (κ3) is 3.97. The van der Waals surface area contributed by atoms with E-state index in [-0.39, 0.29) is 12.0 Å². The van der Waals surface area contributed by atoms with Crippen molar-refractivity contribution in [3.8, 4) is 0 Å². The smallest absolute Gasteiger partial charge is 0.140 e. The van der Waals surface area contributed by atoms with E-state index < -0.39 is 0 Å². The van der Waals surface area contributed by atoms with E-state index in [1.165, 1.54) is 0 Å². The van der Waals surface area contributed by atoms with Gasteiger partial charge in [0, 0.05) is 24.8 Å². The Morgan fingerprint density at radius 2 is 2.27 bits per heavy atom. The molecular weight excluding hydrogens is 279 g/mol. The maximum absolute atomic E-state index is 9.09. The predicted molar refractivity (Wildman–Crippen MR) is 66.3 cm³/mol. The summed E-state index contributed by atoms with van der Waals surface area (Å²) in [6, 6.07) is 1.78. The van der Waals surface area contributed by atoms with Crippen LogP contribution in [0.5, 0.6) is 0 Å². The Morgan fingerprint density at radius 3 is 2.80 bits per heavy atom. The lowest BCUT2D eigenvalue weighted by molar-refractivity contribution is 0.170. The van der Waals surface area contributed by atoms with Crippen LogP contribution in [0.1, 0.15) is 13.8 Å². The highest BCUT2D eigenvalue weighted by Crippen LogP contribution is 2.24. The van der Waals surface area contributed by atoms with Crippen LogP contribution in [-0.2, 0) is 0 Å². The highest BCUT2D eigenvalue weighted by atomic mass is 79.9. The van der Waals surface area contributed by atoms with Crippen molar-refractivity contribution in [2.75, 3.05) is 18.5 Å². The third-order valence-electron chi connectivity index (χ3n) is 1.97. The molecule has 0 aliphatic carbocycles. The minimum Gasteiger partial charge on any atom is -0.396 e. The van der Waals surface area contributed by atoms with E-state index in [9.17, 15) is 0 Å². The van der Waals surface area contributed by atoms with Gasteiger partial charge >= 0.3 is 0 Å². The zero-order valence-corrected chi connectivity index (χ0v) is 11.1. The molecule has 0 spiro atoms. The fourth-order valence-electron chi connectivity index (χ4n) is 0.924. The molecule has 0 aromatic carbocycles. The standard InChI is InChI=1S/C10H14BrClN2O/c1-10(2,6-15)5-14-9-8(11)3-7(12)4-13-9/h3-4,15H,5-6H2,1-2H3,(H,13,14). The van der Waals surface area contributed by atoms with Crippen molar-refractivity contribution in [1.29, 1.82) is 0 Å². The second kappa shape index (κ2) is 5.14. The van der Waals surface area contributed by atoms with Crippen molar-refractivity contribution in [3.63, 3.8) is 0 Å². The van der Waals surface area contributed by atoms with Crippen molar-refractivity contribution in [1.82, 2.24) is 4.98 Å². The molecule has 0 radical (unpaired) electrons. The zero-order valence-electron chi connectivity index (χ0n) is 8.72. The van der Waals surface area contributed by atoms with Gasteiger partial charge in [0.2, 0.25) is 0 Å². The van der Waals surface area contributed by atoms with Crippen molar-refractivity contribution in [2.45, 2.75) is 13.8 Å². The SMILES string of the molecule is CC(C)(CO)CNc1ncc(Cl)cc1Br. The van der Waals surface area contributed by atoms with Crippen molar-refractivity contribution < 1.29 is 5.11 Å². The molecule has 1 aromatic rings. The van der Waals surface area contributed by atoms with Gasteiger partial charge in [0.05, 0.1) is 9.50 Å². The Bertz CT molecular complexity index is 344. The molecule has 0 saturated heterocycles. The molecule has 1 rings (SSSR count). The molecule has 0 bridgehead atoms. The van der Waals surface area contributed by atoms with Crippen molar-refractivity contribution in [2.24, 2.45) is 5.41 Å². The molecule has 0 amide bonds. The van der Waals surface area contributed by atoms with Crippen LogP contribution < -0.4 is 5.32 Å². The highest BCUT2D eigenvalue weighted by molar-refractivity contribution is 9.10. The molecule has 2 N–H and O–H groups in total. The summed E-state index contributed by atoms with van der Waals surface area (Å²) in [5.74, 6) is 0.737. The van der Waals surface area contributed by atoms with Crippen LogP contribution in [0.3, 0.4) is 0 Å². The summed E-state index contributed by atoms with van der Waals surface area (Å²) >= 11 is 9.14. The van der Waals surface area contributed by atoms with Gasteiger partial charge in [-0.15, -0.1) is 0 Å². The summed E-state index contributed by atoms with van der Waals surface area (Å²) in [4.78, 5) is 4.14. The number of anilines is 1. The summed E-state index contributed by atoms with van der Waals surface area (Å²) in [6.07, 6.45) is 1.58. The van der Waals surface area contributed by atoms with Crippen LogP contribution in [0, 0.1) is 5.41 Å². The normalized spacial score (nSPS) is 11.5. The second-order valence-corrected chi connectivity index (χ2v) is 5.45. The monoisotopic (exact) mass is 292 g/mol. The minimum absolute atomic E-state index is 0.130. The molecule has 5 heteroatoms. The number of hydrogen-bond acceptors (Lipinski definition) is 3. The predicted octanol–water partition coefficient (Wildman–Crippen LogP) is 2.93. The van der Waals surface area contributed by atoms with Gasteiger partial charge in [0.1, 0.15) is 5.82 Å². The fraction of sp³-hybridized carbons (Fsp3) is 0.500. The number of halogens is 2. The van der Waals surface area contributed by atoms with Crippen molar-refractivity contribution >= 4 is 33.3 Å². The largest absolute Gasteiger partial charge is 0.396 e. The van der Waals surface area contributed by atoms with Crippen LogP contribution in [0.2, 0.25) is 5.02 Å². The number of aliphatic hydroxyl groups excluding tert-OH is 1. The van der Waals surface area contributed by atoms with Crippen LogP contribution in [0.15, 0.2) is 16.7 Å². The average Bonchev–Trinajstić information content (AvgIpc) is 2.16. The lowest BCUT2D eigenvalue weighted by Gasteiger charge is -2.22. The maximum atomic E-state index is 9.09. The lowest BCUT2D eigenvalue weighted by Crippen LogP contribution is -2.27. The van der Waals surface area contributed by atoms with Gasteiger partial charge in [-0.3, -0.25) is 0 Å². The summed E-state index contributed by atoms with van der Waals surface area (Å²) in [7, 11) is 0. The van der Waals surface area contributed by atoms with Crippen molar-refractivity contribution in [3.05, 3.63) is 21.8 Å². The molecule has 0 unspecified atom stereocenters. The van der Waals surface area contributed by atoms with Gasteiger partial charge in [0.15, 0.2) is 0 Å². The van der Waals surface area contributed by atoms with Gasteiger partial charge in [-0.1, -0.05) is 25.4 Å². The van der Waals surface area contributed by atoms with Gasteiger partial charge < -0.3 is 10.4 Å². The van der Waals surface area contributed by atoms with Crippen LogP contribution in [0.4, 0.5) is 5.82 Å². The van der Waals surface area contributed by atoms with Crippen LogP contribution >= 0.6 is 27.5 Å². The summed E-state index contributed by atoms with van der Waals surface area (Å²) in [6.45, 7) is 4.73. The van der Waals surface area contributed by atoms with E-state index in [1.807, 2.05) is 13.8 Å². The summed E-state index contributed by atoms with van der Waals surface area (Å²) in [5, 5.41) is 12.8. The first kappa shape index (κ1) is 12.7. The maximum Gasteiger partial charge on any atom is 0.140 e. The van der Waals surface area contributed by atoms with Gasteiger partial charge in [-0.05, 0) is 22.0 Å². The Balaban J connectivity index is 2.66. The molecule has 0 atom stereocenters. The van der Waals surface area contributed by atoms with E-state index >= 15 is 0 Å². The number of pyridine rings is 1. The highest BCUT2D eigenvalue weighted by Gasteiger charge is 2.16. The molecule has 1 aromatic heterocycles. The molecule has 0 aliphatic heterocycles. The first-order chi connectivity index (χ1) is 6.94. The van der Waals surface area contributed by atoms with Gasteiger partial charge in [0.25, 0.3) is 0 Å². The first-order valence-electron chi connectivity index (χ1n) is 4.60. The van der Waals surface area contributed by atoms with E-state index in [1.54, 1.807) is 12.3 Å². The van der Waals surface area contributed by atoms with Crippen LogP contribution in [-0.4, -0.2) is 23.2 Å². The molecule has 0 fully saturated rings. The number of rotatable bonds is 4. The number of nitrogens with zero attached hydrogens (tertiary/aromatic N) is 1. The molecule has 3 nitrogen and oxygen atoms in total. The Kier molecular flexibility index (Phi) is 4.37. The lowest BCUT2D eigenvalue weighted by atomic mass is 9.95. The number of aliphatic hydroxyl groups is 1. The van der Waals surface area contributed by atoms with Crippen LogP contribution in [0.25, 0.3) is 0 Å². The molecule has 1 heterocycles. The van der Waals surface area contributed by atoms with Gasteiger partial charge in [-0.25, -0.2) is 4.98 Å². The molecule has 15 heavy (non-hydrogen) atoms.